The van der Waals surface area contributed by atoms with E-state index in [9.17, 15) is 4.79 Å². The van der Waals surface area contributed by atoms with Gasteiger partial charge >= 0.3 is 0 Å². The Kier molecular flexibility index (Phi) is 7.08. The largest absolute Gasteiger partial charge is 0.427 e. The topological polar surface area (TPSA) is 38.3 Å². The Hall–Kier alpha value is -0.613. The normalized spacial score (nSPS) is 10.3. The van der Waals surface area contributed by atoms with Gasteiger partial charge in [-0.15, -0.1) is 0 Å². The second-order valence-electron chi connectivity index (χ2n) is 2.20. The van der Waals surface area contributed by atoms with Crippen molar-refractivity contribution in [2.75, 3.05) is 13.7 Å². The van der Waals surface area contributed by atoms with Crippen LogP contribution >= 0.6 is 0 Å². The van der Waals surface area contributed by atoms with Gasteiger partial charge in [0.1, 0.15) is 0 Å². The van der Waals surface area contributed by atoms with Gasteiger partial charge in [-0.2, -0.15) is 0 Å². The summed E-state index contributed by atoms with van der Waals surface area (Å²) in [5.74, 6) is -0.0934. The second-order valence-corrected chi connectivity index (χ2v) is 3.89. The molecule has 0 aromatic rings. The van der Waals surface area contributed by atoms with Gasteiger partial charge in [0.2, 0.25) is 5.91 Å². The Morgan fingerprint density at radius 2 is 2.55 bits per heavy atom. The summed E-state index contributed by atoms with van der Waals surface area (Å²) in [7, 11) is 1.42. The number of carbonyl (C=O) groups is 1. The van der Waals surface area contributed by atoms with Crippen molar-refractivity contribution in [2.24, 2.45) is 0 Å². The highest BCUT2D eigenvalue weighted by Gasteiger charge is 1.92. The minimum atomic E-state index is -0.307. The number of rotatable bonds is 6. The maximum Gasteiger partial charge on any atom is 0.243 e. The second kappa shape index (κ2) is 7.49. The Morgan fingerprint density at radius 1 is 1.82 bits per heavy atom. The van der Waals surface area contributed by atoms with E-state index in [1.807, 2.05) is 0 Å². The molecular formula is C7H15NO2Si. The lowest BCUT2D eigenvalue weighted by atomic mass is 10.4. The number of hydrogen-bond donors (Lipinski definition) is 1. The minimum absolute atomic E-state index is 0.0934. The van der Waals surface area contributed by atoms with Crippen LogP contribution in [0.3, 0.4) is 0 Å². The molecule has 1 amide bonds. The molecule has 0 fully saturated rings. The quantitative estimate of drug-likeness (QED) is 0.344. The van der Waals surface area contributed by atoms with Gasteiger partial charge in [0.15, 0.2) is 9.76 Å². The van der Waals surface area contributed by atoms with Crippen molar-refractivity contribution in [1.29, 1.82) is 0 Å². The van der Waals surface area contributed by atoms with E-state index in [1.165, 1.54) is 6.08 Å². The third-order valence-corrected chi connectivity index (χ3v) is 2.46. The van der Waals surface area contributed by atoms with Crippen LogP contribution in [0.4, 0.5) is 0 Å². The fourth-order valence-electron chi connectivity index (χ4n) is 0.655. The molecule has 1 N–H and O–H groups in total. The van der Waals surface area contributed by atoms with Gasteiger partial charge < -0.3 is 9.74 Å². The number of hydrogen-bond acceptors (Lipinski definition) is 2. The Labute approximate surface area is 69.8 Å². The van der Waals surface area contributed by atoms with Gasteiger partial charge in [0.05, 0.1) is 0 Å². The summed E-state index contributed by atoms with van der Waals surface area (Å²) in [4.78, 5) is 10.6. The number of nitrogens with one attached hydrogen (secondary N) is 1. The first-order chi connectivity index (χ1) is 5.31. The molecule has 0 aliphatic rings. The summed E-state index contributed by atoms with van der Waals surface area (Å²) in [6.45, 7) is 4.08. The van der Waals surface area contributed by atoms with Crippen molar-refractivity contribution in [3.63, 3.8) is 0 Å². The SMILES string of the molecule is C=CC(=O)NCCC[SiH2]OC. The Bertz CT molecular complexity index is 128. The molecule has 0 aliphatic heterocycles. The van der Waals surface area contributed by atoms with Crippen LogP contribution in [-0.2, 0) is 9.22 Å². The first-order valence-electron chi connectivity index (χ1n) is 3.70. The molecule has 64 valence electrons. The minimum Gasteiger partial charge on any atom is -0.427 e. The molecule has 0 aliphatic carbocycles. The molecule has 3 nitrogen and oxygen atoms in total. The van der Waals surface area contributed by atoms with E-state index < -0.39 is 0 Å². The van der Waals surface area contributed by atoms with Gasteiger partial charge in [0, 0.05) is 13.7 Å². The molecule has 0 bridgehead atoms. The van der Waals surface area contributed by atoms with Crippen molar-refractivity contribution in [2.45, 2.75) is 12.5 Å². The standard InChI is InChI=1S/C7H15NO2Si/c1-3-7(9)8-5-4-6-11-10-2/h3H,1,4-6,11H2,2H3,(H,8,9). The fraction of sp³-hybridized carbons (Fsp3) is 0.571. The third-order valence-electron chi connectivity index (χ3n) is 1.26. The number of amides is 1. The van der Waals surface area contributed by atoms with Gasteiger partial charge in [-0.1, -0.05) is 6.58 Å². The van der Waals surface area contributed by atoms with Crippen LogP contribution in [0.5, 0.6) is 0 Å². The van der Waals surface area contributed by atoms with Crippen LogP contribution < -0.4 is 5.32 Å². The molecule has 0 rings (SSSR count). The van der Waals surface area contributed by atoms with Crippen LogP contribution in [0.1, 0.15) is 6.42 Å². The lowest BCUT2D eigenvalue weighted by Crippen LogP contribution is -2.22. The highest BCUT2D eigenvalue weighted by molar-refractivity contribution is 6.26. The molecule has 0 aromatic carbocycles. The molecule has 0 unspecified atom stereocenters. The van der Waals surface area contributed by atoms with Crippen LogP contribution in [-0.4, -0.2) is 29.3 Å². The molecular weight excluding hydrogens is 158 g/mol. The molecule has 11 heavy (non-hydrogen) atoms. The molecule has 0 aromatic heterocycles. The predicted molar refractivity (Wildman–Crippen MR) is 48.2 cm³/mol. The monoisotopic (exact) mass is 173 g/mol. The van der Waals surface area contributed by atoms with Crippen LogP contribution in [0.2, 0.25) is 6.04 Å². The zero-order chi connectivity index (χ0) is 8.53. The zero-order valence-electron chi connectivity index (χ0n) is 6.93. The lowest BCUT2D eigenvalue weighted by Gasteiger charge is -2.00. The Balaban J connectivity index is 3.01. The summed E-state index contributed by atoms with van der Waals surface area (Å²) in [5.41, 5.74) is 0. The first kappa shape index (κ1) is 10.4. The van der Waals surface area contributed by atoms with Crippen molar-refractivity contribution in [1.82, 2.24) is 5.32 Å². The van der Waals surface area contributed by atoms with Crippen molar-refractivity contribution in [3.05, 3.63) is 12.7 Å². The molecule has 0 heterocycles. The number of carbonyl (C=O) groups excluding carboxylic acids is 1. The van der Waals surface area contributed by atoms with E-state index in [0.717, 1.165) is 19.0 Å². The average molecular weight is 173 g/mol. The van der Waals surface area contributed by atoms with Crippen LogP contribution in [0.25, 0.3) is 0 Å². The van der Waals surface area contributed by atoms with Crippen LogP contribution in [0, 0.1) is 0 Å². The van der Waals surface area contributed by atoms with Crippen molar-refractivity contribution < 1.29 is 9.22 Å². The van der Waals surface area contributed by atoms with Gasteiger partial charge in [-0.3, -0.25) is 4.79 Å². The van der Waals surface area contributed by atoms with E-state index in [2.05, 4.69) is 11.9 Å². The van der Waals surface area contributed by atoms with Crippen molar-refractivity contribution >= 4 is 15.7 Å². The summed E-state index contributed by atoms with van der Waals surface area (Å²) in [6.07, 6.45) is 2.30. The average Bonchev–Trinajstić information content (AvgIpc) is 2.04. The summed E-state index contributed by atoms with van der Waals surface area (Å²) in [6, 6.07) is 1.12. The van der Waals surface area contributed by atoms with Crippen LogP contribution in [0.15, 0.2) is 12.7 Å². The van der Waals surface area contributed by atoms with E-state index in [0.29, 0.717) is 0 Å². The lowest BCUT2D eigenvalue weighted by molar-refractivity contribution is -0.116. The smallest absolute Gasteiger partial charge is 0.243 e. The molecule has 0 atom stereocenters. The van der Waals surface area contributed by atoms with E-state index >= 15 is 0 Å². The van der Waals surface area contributed by atoms with E-state index in [1.54, 1.807) is 7.11 Å². The molecule has 0 radical (unpaired) electrons. The van der Waals surface area contributed by atoms with Gasteiger partial charge in [0.25, 0.3) is 0 Å². The maximum atomic E-state index is 10.6. The van der Waals surface area contributed by atoms with E-state index in [4.69, 9.17) is 4.43 Å². The van der Waals surface area contributed by atoms with Gasteiger partial charge in [-0.25, -0.2) is 0 Å². The van der Waals surface area contributed by atoms with Gasteiger partial charge in [-0.05, 0) is 18.5 Å². The zero-order valence-corrected chi connectivity index (χ0v) is 8.34. The van der Waals surface area contributed by atoms with E-state index in [-0.39, 0.29) is 15.7 Å². The highest BCUT2D eigenvalue weighted by Crippen LogP contribution is 1.85. The first-order valence-corrected chi connectivity index (χ1v) is 5.28. The summed E-state index contributed by atoms with van der Waals surface area (Å²) in [5, 5.41) is 2.70. The predicted octanol–water partition coefficient (Wildman–Crippen LogP) is -0.173. The Morgan fingerprint density at radius 3 is 3.09 bits per heavy atom. The molecule has 0 saturated heterocycles. The maximum absolute atomic E-state index is 10.6. The molecule has 0 spiro atoms. The van der Waals surface area contributed by atoms with Crippen molar-refractivity contribution in [3.8, 4) is 0 Å². The summed E-state index contributed by atoms with van der Waals surface area (Å²) < 4.78 is 4.98. The molecule has 4 heteroatoms. The fourth-order valence-corrected chi connectivity index (χ4v) is 1.40. The third kappa shape index (κ3) is 7.28. The summed E-state index contributed by atoms with van der Waals surface area (Å²) >= 11 is 0. The highest BCUT2D eigenvalue weighted by atomic mass is 28.2. The molecule has 0 saturated carbocycles.